The Morgan fingerprint density at radius 3 is 2.59 bits per heavy atom. The molecule has 2 saturated carbocycles. The molecule has 0 unspecified atom stereocenters. The summed E-state index contributed by atoms with van der Waals surface area (Å²) in [6.45, 7) is 1.40. The van der Waals surface area contributed by atoms with E-state index in [0.717, 1.165) is 43.2 Å². The molecule has 1 aromatic rings. The zero-order valence-corrected chi connectivity index (χ0v) is 13.2. The van der Waals surface area contributed by atoms with Crippen molar-refractivity contribution in [1.29, 1.82) is 0 Å². The van der Waals surface area contributed by atoms with Crippen molar-refractivity contribution in [2.45, 2.75) is 48.9 Å². The second-order valence-electron chi connectivity index (χ2n) is 6.71. The number of aromatic nitrogens is 3. The van der Waals surface area contributed by atoms with Crippen molar-refractivity contribution < 1.29 is 13.2 Å². The molecule has 2 heterocycles. The molecular formula is C14H20N4O3S. The SMILES string of the molecule is O=C(N1CCCC1)n1cnc(S(=O)(=O)[C@@H]2C[C@H]3CC[C@@H]2C3)n1. The second-order valence-corrected chi connectivity index (χ2v) is 8.77. The number of carbonyl (C=O) groups is 1. The van der Waals surface area contributed by atoms with E-state index in [-0.39, 0.29) is 22.4 Å². The molecular weight excluding hydrogens is 304 g/mol. The van der Waals surface area contributed by atoms with Gasteiger partial charge in [-0.3, -0.25) is 0 Å². The van der Waals surface area contributed by atoms with Crippen LogP contribution in [0, 0.1) is 11.8 Å². The van der Waals surface area contributed by atoms with Crippen LogP contribution in [-0.4, -0.2) is 52.5 Å². The number of hydrogen-bond acceptors (Lipinski definition) is 5. The van der Waals surface area contributed by atoms with Gasteiger partial charge in [0, 0.05) is 13.1 Å². The highest BCUT2D eigenvalue weighted by atomic mass is 32.2. The molecule has 0 aromatic carbocycles. The van der Waals surface area contributed by atoms with Crippen LogP contribution < -0.4 is 0 Å². The molecule has 3 aliphatic rings. The molecule has 1 saturated heterocycles. The van der Waals surface area contributed by atoms with Crippen molar-refractivity contribution in [2.75, 3.05) is 13.1 Å². The molecule has 1 aliphatic heterocycles. The van der Waals surface area contributed by atoms with Gasteiger partial charge in [0.05, 0.1) is 5.25 Å². The van der Waals surface area contributed by atoms with Gasteiger partial charge in [0.2, 0.25) is 9.84 Å². The maximum absolute atomic E-state index is 12.7. The Morgan fingerprint density at radius 1 is 1.18 bits per heavy atom. The summed E-state index contributed by atoms with van der Waals surface area (Å²) in [4.78, 5) is 17.8. The fraction of sp³-hybridized carbons (Fsp3) is 0.786. The second kappa shape index (κ2) is 5.04. The first-order valence-corrected chi connectivity index (χ1v) is 9.55. The zero-order valence-electron chi connectivity index (χ0n) is 12.4. The Labute approximate surface area is 129 Å². The number of rotatable bonds is 2. The van der Waals surface area contributed by atoms with E-state index in [0.29, 0.717) is 19.0 Å². The minimum atomic E-state index is -3.52. The number of fused-ring (bicyclic) bond motifs is 2. The summed E-state index contributed by atoms with van der Waals surface area (Å²) in [6.07, 6.45) is 7.07. The first kappa shape index (κ1) is 14.2. The number of carbonyl (C=O) groups excluding carboxylic acids is 1. The van der Waals surface area contributed by atoms with Crippen LogP contribution in [0.1, 0.15) is 38.5 Å². The molecule has 120 valence electrons. The van der Waals surface area contributed by atoms with Gasteiger partial charge < -0.3 is 4.90 Å². The Balaban J connectivity index is 1.57. The lowest BCUT2D eigenvalue weighted by atomic mass is 10.0. The van der Waals surface area contributed by atoms with Gasteiger partial charge in [-0.15, -0.1) is 5.10 Å². The maximum atomic E-state index is 12.7. The summed E-state index contributed by atoms with van der Waals surface area (Å²) in [5, 5.41) is 3.44. The van der Waals surface area contributed by atoms with Gasteiger partial charge in [-0.05, 0) is 43.9 Å². The number of hydrogen-bond donors (Lipinski definition) is 0. The average Bonchev–Trinajstić information content (AvgIpc) is 3.30. The van der Waals surface area contributed by atoms with Gasteiger partial charge in [0.1, 0.15) is 6.33 Å². The molecule has 3 fully saturated rings. The van der Waals surface area contributed by atoms with E-state index in [1.165, 1.54) is 6.33 Å². The fourth-order valence-corrected chi connectivity index (χ4v) is 6.17. The molecule has 0 spiro atoms. The van der Waals surface area contributed by atoms with Crippen molar-refractivity contribution in [2.24, 2.45) is 11.8 Å². The predicted molar refractivity (Wildman–Crippen MR) is 78.0 cm³/mol. The fourth-order valence-electron chi connectivity index (χ4n) is 4.23. The van der Waals surface area contributed by atoms with Crippen LogP contribution in [0.25, 0.3) is 0 Å². The lowest BCUT2D eigenvalue weighted by molar-refractivity contribution is 0.207. The third kappa shape index (κ3) is 2.15. The molecule has 1 amide bonds. The summed E-state index contributed by atoms with van der Waals surface area (Å²) >= 11 is 0. The van der Waals surface area contributed by atoms with Crippen LogP contribution in [0.15, 0.2) is 11.5 Å². The van der Waals surface area contributed by atoms with E-state index in [1.807, 2.05) is 0 Å². The van der Waals surface area contributed by atoms with Crippen molar-refractivity contribution in [1.82, 2.24) is 19.7 Å². The molecule has 2 bridgehead atoms. The lowest BCUT2D eigenvalue weighted by Crippen LogP contribution is -2.33. The van der Waals surface area contributed by atoms with Crippen molar-refractivity contribution in [3.63, 3.8) is 0 Å². The lowest BCUT2D eigenvalue weighted by Gasteiger charge is -2.19. The van der Waals surface area contributed by atoms with Gasteiger partial charge in [0.25, 0.3) is 5.16 Å². The van der Waals surface area contributed by atoms with Crippen LogP contribution >= 0.6 is 0 Å². The molecule has 22 heavy (non-hydrogen) atoms. The largest absolute Gasteiger partial charge is 0.346 e. The van der Waals surface area contributed by atoms with Crippen LogP contribution in [0.2, 0.25) is 0 Å². The van der Waals surface area contributed by atoms with Crippen molar-refractivity contribution in [3.05, 3.63) is 6.33 Å². The third-order valence-electron chi connectivity index (χ3n) is 5.37. The van der Waals surface area contributed by atoms with E-state index < -0.39 is 9.84 Å². The molecule has 7 nitrogen and oxygen atoms in total. The maximum Gasteiger partial charge on any atom is 0.346 e. The Bertz CT molecular complexity index is 693. The van der Waals surface area contributed by atoms with E-state index in [4.69, 9.17) is 0 Å². The average molecular weight is 324 g/mol. The van der Waals surface area contributed by atoms with Crippen molar-refractivity contribution in [3.8, 4) is 0 Å². The highest BCUT2D eigenvalue weighted by Crippen LogP contribution is 2.48. The molecule has 8 heteroatoms. The van der Waals surface area contributed by atoms with E-state index in [1.54, 1.807) is 4.90 Å². The Hall–Kier alpha value is -1.44. The summed E-state index contributed by atoms with van der Waals surface area (Å²) in [5.41, 5.74) is 0. The summed E-state index contributed by atoms with van der Waals surface area (Å²) in [7, 11) is -3.52. The van der Waals surface area contributed by atoms with Crippen LogP contribution in [-0.2, 0) is 9.84 Å². The van der Waals surface area contributed by atoms with Gasteiger partial charge >= 0.3 is 6.03 Å². The van der Waals surface area contributed by atoms with Crippen LogP contribution in [0.3, 0.4) is 0 Å². The Morgan fingerprint density at radius 2 is 1.95 bits per heavy atom. The standard InChI is InChI=1S/C14H20N4O3S/c19-14(17-5-1-2-6-17)18-9-15-13(16-18)22(20,21)12-8-10-3-4-11(12)7-10/h9-12H,1-8H2/t10-,11+,12+/m0/s1. The highest BCUT2D eigenvalue weighted by molar-refractivity contribution is 7.91. The summed E-state index contributed by atoms with van der Waals surface area (Å²) in [5.74, 6) is 0.786. The smallest absolute Gasteiger partial charge is 0.323 e. The molecule has 1 aromatic heterocycles. The van der Waals surface area contributed by atoms with E-state index in [9.17, 15) is 13.2 Å². The zero-order chi connectivity index (χ0) is 15.3. The highest BCUT2D eigenvalue weighted by Gasteiger charge is 2.47. The predicted octanol–water partition coefficient (Wildman–Crippen LogP) is 1.30. The van der Waals surface area contributed by atoms with Crippen LogP contribution in [0.4, 0.5) is 4.79 Å². The minimum Gasteiger partial charge on any atom is -0.323 e. The molecule has 2 aliphatic carbocycles. The minimum absolute atomic E-state index is 0.183. The van der Waals surface area contributed by atoms with Gasteiger partial charge in [-0.1, -0.05) is 6.42 Å². The topological polar surface area (TPSA) is 85.2 Å². The molecule has 0 radical (unpaired) electrons. The van der Waals surface area contributed by atoms with E-state index >= 15 is 0 Å². The molecule has 0 N–H and O–H groups in total. The normalized spacial score (nSPS) is 31.1. The van der Waals surface area contributed by atoms with Gasteiger partial charge in [-0.25, -0.2) is 18.2 Å². The quantitative estimate of drug-likeness (QED) is 0.818. The molecule has 4 rings (SSSR count). The number of amides is 1. The summed E-state index contributed by atoms with van der Waals surface area (Å²) < 4.78 is 26.5. The van der Waals surface area contributed by atoms with Gasteiger partial charge in [0.15, 0.2) is 0 Å². The monoisotopic (exact) mass is 324 g/mol. The molecule has 3 atom stereocenters. The van der Waals surface area contributed by atoms with E-state index in [2.05, 4.69) is 10.1 Å². The number of nitrogens with zero attached hydrogens (tertiary/aromatic N) is 4. The summed E-state index contributed by atoms with van der Waals surface area (Å²) in [6, 6.07) is -0.278. The first-order valence-electron chi connectivity index (χ1n) is 8.00. The van der Waals surface area contributed by atoms with Crippen LogP contribution in [0.5, 0.6) is 0 Å². The number of likely N-dealkylation sites (tertiary alicyclic amines) is 1. The van der Waals surface area contributed by atoms with Gasteiger partial charge in [-0.2, -0.15) is 4.68 Å². The van der Waals surface area contributed by atoms with Crippen molar-refractivity contribution >= 4 is 15.9 Å². The first-order chi connectivity index (χ1) is 10.6. The third-order valence-corrected chi connectivity index (χ3v) is 7.44. The number of sulfone groups is 1. The Kier molecular flexibility index (Phi) is 3.25.